The number of rotatable bonds is 52. The van der Waals surface area contributed by atoms with E-state index in [1.807, 2.05) is 94.1 Å². The van der Waals surface area contributed by atoms with Gasteiger partial charge >= 0.3 is 13.8 Å². The fourth-order valence-electron chi connectivity index (χ4n) is 8.21. The molecule has 0 aliphatic rings. The molecule has 0 heterocycles. The lowest BCUT2D eigenvalue weighted by Gasteiger charge is -2.27. The summed E-state index contributed by atoms with van der Waals surface area (Å²) in [5, 5.41) is 3.04. The summed E-state index contributed by atoms with van der Waals surface area (Å²) in [6.07, 6.45) is 67.2. The van der Waals surface area contributed by atoms with Gasteiger partial charge in [0.25, 0.3) is 0 Å². The number of carbonyl (C=O) groups is 2. The molecule has 0 aromatic heterocycles. The number of nitrogens with zero attached hydrogens (tertiary/aromatic N) is 1. The summed E-state index contributed by atoms with van der Waals surface area (Å²) in [4.78, 5) is 37.6. The lowest BCUT2D eigenvalue weighted by molar-refractivity contribution is -0.870. The number of unbranched alkanes of at least 4 members (excludes halogenated alkanes) is 29. The number of quaternary nitrogens is 1. The minimum Gasteiger partial charge on any atom is -0.456 e. The summed E-state index contributed by atoms with van der Waals surface area (Å²) in [5.41, 5.74) is 0. The van der Waals surface area contributed by atoms with E-state index in [4.69, 9.17) is 13.8 Å². The third kappa shape index (κ3) is 52.1. The molecule has 0 aliphatic heterocycles. The molecule has 0 bridgehead atoms. The van der Waals surface area contributed by atoms with Crippen molar-refractivity contribution in [1.29, 1.82) is 0 Å². The fourth-order valence-corrected chi connectivity index (χ4v) is 8.94. The van der Waals surface area contributed by atoms with E-state index in [0.717, 1.165) is 64.2 Å². The van der Waals surface area contributed by atoms with Crippen LogP contribution in [0.1, 0.15) is 245 Å². The Morgan fingerprint density at radius 2 is 0.889 bits per heavy atom. The summed E-state index contributed by atoms with van der Waals surface area (Å²) in [6.45, 7) is 6.84. The Labute approximate surface area is 444 Å². The molecule has 9 nitrogen and oxygen atoms in total. The maximum atomic E-state index is 13.5. The Kier molecular flexibility index (Phi) is 49.6. The average Bonchev–Trinajstić information content (AvgIpc) is 3.34. The number of esters is 1. The topological polar surface area (TPSA) is 111 Å². The molecule has 0 rings (SSSR count). The second-order valence-electron chi connectivity index (χ2n) is 20.9. The van der Waals surface area contributed by atoms with Gasteiger partial charge in [-0.3, -0.25) is 18.6 Å². The van der Waals surface area contributed by atoms with Gasteiger partial charge in [0.1, 0.15) is 19.3 Å². The van der Waals surface area contributed by atoms with Crippen LogP contribution in [0.25, 0.3) is 0 Å². The van der Waals surface area contributed by atoms with Gasteiger partial charge in [0, 0.05) is 12.8 Å². The number of ether oxygens (including phenoxy) is 1. The Morgan fingerprint density at radius 1 is 0.500 bits per heavy atom. The van der Waals surface area contributed by atoms with Crippen molar-refractivity contribution in [1.82, 2.24) is 5.32 Å². The normalized spacial score (nSPS) is 14.4. The number of carbonyl (C=O) groups excluding carboxylic acids is 2. The van der Waals surface area contributed by atoms with Gasteiger partial charge in [-0.05, 0) is 51.0 Å². The van der Waals surface area contributed by atoms with E-state index >= 15 is 0 Å². The predicted octanol–water partition coefficient (Wildman–Crippen LogP) is 17.8. The first-order chi connectivity index (χ1) is 34.9. The Morgan fingerprint density at radius 3 is 1.35 bits per heavy atom. The van der Waals surface area contributed by atoms with E-state index < -0.39 is 20.0 Å². The molecule has 1 amide bonds. The van der Waals surface area contributed by atoms with Crippen molar-refractivity contribution in [2.75, 3.05) is 40.9 Å². The zero-order valence-corrected chi connectivity index (χ0v) is 48.3. The molecule has 10 heteroatoms. The molecular weight excluding hydrogens is 916 g/mol. The van der Waals surface area contributed by atoms with Gasteiger partial charge < -0.3 is 19.4 Å². The molecule has 0 aromatic carbocycles. The highest BCUT2D eigenvalue weighted by Crippen LogP contribution is 2.43. The molecular formula is C62H112N2O7P+. The van der Waals surface area contributed by atoms with Gasteiger partial charge in [-0.15, -0.1) is 0 Å². The third-order valence-corrected chi connectivity index (χ3v) is 13.7. The molecule has 416 valence electrons. The van der Waals surface area contributed by atoms with Crippen LogP contribution in [0.4, 0.5) is 0 Å². The van der Waals surface area contributed by atoms with Crippen LogP contribution in [0.5, 0.6) is 0 Å². The maximum absolute atomic E-state index is 13.5. The zero-order chi connectivity index (χ0) is 52.9. The number of nitrogens with one attached hydrogen (secondary N) is 1. The molecule has 0 saturated heterocycles. The minimum absolute atomic E-state index is 0.0302. The standard InChI is InChI=1S/C62H111N2O7P/c1-7-10-13-16-19-22-25-28-30-32-34-36-39-42-45-48-51-54-61(65)63-59(58-70-72(67,68)69-57-56-64(4,5)6)60(53-50-47-44-41-38-27-24-21-18-15-12-9-3)71-62(66)55-52-49-46-43-40-37-35-33-31-29-26-23-20-17-14-11-8-2/h11,14,17,20,23,26,29,31,33,35,37,40,50,53,59-60H,7-10,12-13,15-16,18-19,21-22,24-25,27-28,30,32,34,36,38-39,41-49,51-52,54-58H2,1-6H3,(H-,63,65,67,68)/p+1/b14-11-,20-17+,26-23+,31-29-,35-33+,40-37+,53-50+. The highest BCUT2D eigenvalue weighted by atomic mass is 31.2. The Hall–Kier alpha value is -2.81. The monoisotopic (exact) mass is 1030 g/mol. The first-order valence-corrected chi connectivity index (χ1v) is 31.0. The largest absolute Gasteiger partial charge is 0.472 e. The molecule has 0 saturated carbocycles. The van der Waals surface area contributed by atoms with E-state index in [1.165, 1.54) is 141 Å². The zero-order valence-electron chi connectivity index (χ0n) is 47.4. The molecule has 0 fully saturated rings. The Balaban J connectivity index is 5.40. The smallest absolute Gasteiger partial charge is 0.456 e. The molecule has 0 radical (unpaired) electrons. The summed E-state index contributed by atoms with van der Waals surface area (Å²) >= 11 is 0. The van der Waals surface area contributed by atoms with Crippen molar-refractivity contribution >= 4 is 19.7 Å². The molecule has 72 heavy (non-hydrogen) atoms. The van der Waals surface area contributed by atoms with Gasteiger partial charge in [-0.25, -0.2) is 4.57 Å². The van der Waals surface area contributed by atoms with Crippen LogP contribution in [0, 0.1) is 0 Å². The van der Waals surface area contributed by atoms with Crippen molar-refractivity contribution in [2.24, 2.45) is 0 Å². The Bertz CT molecular complexity index is 1510. The molecule has 0 aliphatic carbocycles. The van der Waals surface area contributed by atoms with Crippen molar-refractivity contribution in [3.8, 4) is 0 Å². The summed E-state index contributed by atoms with van der Waals surface area (Å²) in [7, 11) is 1.46. The maximum Gasteiger partial charge on any atom is 0.472 e. The molecule has 2 N–H and O–H groups in total. The van der Waals surface area contributed by atoms with Crippen molar-refractivity contribution in [3.63, 3.8) is 0 Å². The lowest BCUT2D eigenvalue weighted by Crippen LogP contribution is -2.47. The summed E-state index contributed by atoms with van der Waals surface area (Å²) in [5.74, 6) is -0.554. The highest BCUT2D eigenvalue weighted by Gasteiger charge is 2.30. The SMILES string of the molecule is CC\C=C/C=C/C=C/C=C\C=C\C=C\CCCCCC(=O)OC(/C=C/CCCCCCCCCCCC)C(COP(=O)(O)OCC[N+](C)(C)C)NC(=O)CCCCCCCCCCCCCCCCCCC. The number of phosphoric ester groups is 1. The summed E-state index contributed by atoms with van der Waals surface area (Å²) in [6, 6.07) is -0.868. The van der Waals surface area contributed by atoms with Crippen molar-refractivity contribution < 1.29 is 37.3 Å². The molecule has 3 atom stereocenters. The van der Waals surface area contributed by atoms with Gasteiger partial charge in [0.15, 0.2) is 0 Å². The van der Waals surface area contributed by atoms with Crippen LogP contribution in [0.15, 0.2) is 85.1 Å². The number of hydrogen-bond donors (Lipinski definition) is 2. The van der Waals surface area contributed by atoms with Crippen LogP contribution < -0.4 is 5.32 Å². The number of allylic oxidation sites excluding steroid dienone is 13. The van der Waals surface area contributed by atoms with Crippen LogP contribution in [-0.2, 0) is 27.9 Å². The first kappa shape index (κ1) is 69.2. The van der Waals surface area contributed by atoms with Gasteiger partial charge in [-0.2, -0.15) is 0 Å². The minimum atomic E-state index is -4.46. The first-order valence-electron chi connectivity index (χ1n) is 29.5. The number of likely N-dealkylation sites (N-methyl/N-ethyl adjacent to an activating group) is 1. The lowest BCUT2D eigenvalue weighted by atomic mass is 10.0. The van der Waals surface area contributed by atoms with Gasteiger partial charge in [0.2, 0.25) is 5.91 Å². The van der Waals surface area contributed by atoms with Crippen molar-refractivity contribution in [2.45, 2.75) is 258 Å². The van der Waals surface area contributed by atoms with E-state index in [9.17, 15) is 19.0 Å². The quantitative estimate of drug-likeness (QED) is 0.0156. The highest BCUT2D eigenvalue weighted by molar-refractivity contribution is 7.47. The second kappa shape index (κ2) is 51.7. The molecule has 0 aromatic rings. The van der Waals surface area contributed by atoms with Crippen LogP contribution in [0.3, 0.4) is 0 Å². The van der Waals surface area contributed by atoms with Crippen LogP contribution in [0.2, 0.25) is 0 Å². The number of phosphoric acid groups is 1. The van der Waals surface area contributed by atoms with E-state index in [0.29, 0.717) is 23.9 Å². The summed E-state index contributed by atoms with van der Waals surface area (Å²) < 4.78 is 30.6. The predicted molar refractivity (Wildman–Crippen MR) is 309 cm³/mol. The number of hydrogen-bond acceptors (Lipinski definition) is 6. The molecule has 3 unspecified atom stereocenters. The fraction of sp³-hybridized carbons (Fsp3) is 0.742. The van der Waals surface area contributed by atoms with E-state index in [2.05, 4.69) is 38.2 Å². The van der Waals surface area contributed by atoms with E-state index in [-0.39, 0.29) is 31.5 Å². The third-order valence-electron chi connectivity index (χ3n) is 12.8. The van der Waals surface area contributed by atoms with Gasteiger partial charge in [-0.1, -0.05) is 267 Å². The van der Waals surface area contributed by atoms with Crippen LogP contribution >= 0.6 is 7.82 Å². The van der Waals surface area contributed by atoms with Crippen LogP contribution in [-0.4, -0.2) is 74.3 Å². The van der Waals surface area contributed by atoms with E-state index in [1.54, 1.807) is 0 Å². The average molecular weight is 1030 g/mol. The van der Waals surface area contributed by atoms with Gasteiger partial charge in [0.05, 0.1) is 33.8 Å². The molecule has 0 spiro atoms. The number of amides is 1. The van der Waals surface area contributed by atoms with Crippen molar-refractivity contribution in [3.05, 3.63) is 85.1 Å². The second-order valence-corrected chi connectivity index (χ2v) is 22.4.